The molecule has 0 spiro atoms. The van der Waals surface area contributed by atoms with Crippen molar-refractivity contribution in [3.05, 3.63) is 53.4 Å². The summed E-state index contributed by atoms with van der Waals surface area (Å²) in [5.74, 6) is 0.198. The number of hydrogen-bond acceptors (Lipinski definition) is 2. The maximum Gasteiger partial charge on any atom is 0.239 e. The van der Waals surface area contributed by atoms with Crippen LogP contribution >= 0.6 is 0 Å². The van der Waals surface area contributed by atoms with Gasteiger partial charge in [-0.2, -0.15) is 0 Å². The van der Waals surface area contributed by atoms with Crippen LogP contribution in [0.3, 0.4) is 0 Å². The summed E-state index contributed by atoms with van der Waals surface area (Å²) in [6.07, 6.45) is 7.85. The Balaban J connectivity index is 1.67. The summed E-state index contributed by atoms with van der Waals surface area (Å²) in [6.45, 7) is 3.85. The van der Waals surface area contributed by atoms with Crippen LogP contribution < -0.4 is 5.73 Å². The van der Waals surface area contributed by atoms with E-state index in [1.165, 1.54) is 23.3 Å². The SMILES string of the molecule is CC1CC(C[C@H](N)C(=O)N2CCCC2)=CC=C1c1ccc(F)cc1. The topological polar surface area (TPSA) is 46.3 Å². The fourth-order valence-electron chi connectivity index (χ4n) is 3.66. The van der Waals surface area contributed by atoms with E-state index in [0.717, 1.165) is 37.9 Å². The fraction of sp³-hybridized carbons (Fsp3) is 0.450. The van der Waals surface area contributed by atoms with Crippen LogP contribution in [0.4, 0.5) is 4.39 Å². The molecule has 1 aromatic carbocycles. The quantitative estimate of drug-likeness (QED) is 0.919. The molecule has 1 heterocycles. The Morgan fingerprint density at radius 1 is 1.25 bits per heavy atom. The Morgan fingerprint density at radius 2 is 1.92 bits per heavy atom. The molecule has 128 valence electrons. The average molecular weight is 328 g/mol. The number of carbonyl (C=O) groups is 1. The van der Waals surface area contributed by atoms with E-state index in [2.05, 4.69) is 19.1 Å². The molecule has 1 saturated heterocycles. The molecule has 0 bridgehead atoms. The molecule has 1 aromatic rings. The molecule has 3 nitrogen and oxygen atoms in total. The molecule has 2 atom stereocenters. The minimum atomic E-state index is -0.442. The molecule has 1 amide bonds. The molecule has 4 heteroatoms. The van der Waals surface area contributed by atoms with Gasteiger partial charge in [0, 0.05) is 13.1 Å². The second kappa shape index (κ2) is 7.31. The molecule has 1 aliphatic carbocycles. The van der Waals surface area contributed by atoms with Crippen LogP contribution in [0.5, 0.6) is 0 Å². The minimum absolute atomic E-state index is 0.0781. The van der Waals surface area contributed by atoms with Crippen LogP contribution in [-0.4, -0.2) is 29.9 Å². The first-order valence-electron chi connectivity index (χ1n) is 8.74. The van der Waals surface area contributed by atoms with Gasteiger partial charge in [-0.3, -0.25) is 4.79 Å². The average Bonchev–Trinajstić information content (AvgIpc) is 3.10. The summed E-state index contributed by atoms with van der Waals surface area (Å²) in [7, 11) is 0. The fourth-order valence-corrected chi connectivity index (χ4v) is 3.66. The van der Waals surface area contributed by atoms with Crippen LogP contribution in [0, 0.1) is 11.7 Å². The number of amides is 1. The van der Waals surface area contributed by atoms with E-state index in [-0.39, 0.29) is 11.7 Å². The van der Waals surface area contributed by atoms with Crippen molar-refractivity contribution < 1.29 is 9.18 Å². The van der Waals surface area contributed by atoms with Crippen molar-refractivity contribution in [1.29, 1.82) is 0 Å². The molecule has 3 rings (SSSR count). The molecular weight excluding hydrogens is 303 g/mol. The molecule has 24 heavy (non-hydrogen) atoms. The van der Waals surface area contributed by atoms with Crippen molar-refractivity contribution >= 4 is 11.5 Å². The molecular formula is C20H25FN2O. The highest BCUT2D eigenvalue weighted by molar-refractivity contribution is 5.82. The van der Waals surface area contributed by atoms with Crippen LogP contribution in [0.2, 0.25) is 0 Å². The number of benzene rings is 1. The van der Waals surface area contributed by atoms with Gasteiger partial charge in [-0.15, -0.1) is 0 Å². The lowest BCUT2D eigenvalue weighted by molar-refractivity contribution is -0.131. The maximum absolute atomic E-state index is 13.1. The second-order valence-electron chi connectivity index (χ2n) is 6.90. The van der Waals surface area contributed by atoms with E-state index in [4.69, 9.17) is 5.73 Å². The summed E-state index contributed by atoms with van der Waals surface area (Å²) in [5, 5.41) is 0. The van der Waals surface area contributed by atoms with E-state index in [1.807, 2.05) is 17.0 Å². The molecule has 0 saturated carbocycles. The summed E-state index contributed by atoms with van der Waals surface area (Å²) in [5.41, 5.74) is 9.62. The van der Waals surface area contributed by atoms with Crippen molar-refractivity contribution in [2.24, 2.45) is 11.7 Å². The molecule has 1 fully saturated rings. The van der Waals surface area contributed by atoms with Gasteiger partial charge in [-0.05, 0) is 54.9 Å². The molecule has 2 aliphatic rings. The van der Waals surface area contributed by atoms with Crippen molar-refractivity contribution in [3.63, 3.8) is 0 Å². The number of likely N-dealkylation sites (tertiary alicyclic amines) is 1. The molecule has 1 unspecified atom stereocenters. The van der Waals surface area contributed by atoms with E-state index < -0.39 is 6.04 Å². The monoisotopic (exact) mass is 328 g/mol. The number of rotatable bonds is 4. The number of nitrogens with two attached hydrogens (primary N) is 1. The van der Waals surface area contributed by atoms with E-state index in [9.17, 15) is 9.18 Å². The first-order chi connectivity index (χ1) is 11.5. The lowest BCUT2D eigenvalue weighted by Crippen LogP contribution is -2.42. The van der Waals surface area contributed by atoms with E-state index in [1.54, 1.807) is 0 Å². The predicted molar refractivity (Wildman–Crippen MR) is 94.6 cm³/mol. The van der Waals surface area contributed by atoms with Gasteiger partial charge in [-0.1, -0.05) is 36.8 Å². The first-order valence-corrected chi connectivity index (χ1v) is 8.74. The Hall–Kier alpha value is -1.94. The van der Waals surface area contributed by atoms with Crippen molar-refractivity contribution in [3.8, 4) is 0 Å². The number of carbonyl (C=O) groups excluding carboxylic acids is 1. The third-order valence-electron chi connectivity index (χ3n) is 4.99. The lowest BCUT2D eigenvalue weighted by Gasteiger charge is -2.25. The van der Waals surface area contributed by atoms with Crippen LogP contribution in [-0.2, 0) is 4.79 Å². The second-order valence-corrected chi connectivity index (χ2v) is 6.90. The van der Waals surface area contributed by atoms with Gasteiger partial charge in [0.1, 0.15) is 5.82 Å². The van der Waals surface area contributed by atoms with Crippen LogP contribution in [0.15, 0.2) is 42.0 Å². The van der Waals surface area contributed by atoms with E-state index in [0.29, 0.717) is 12.3 Å². The maximum atomic E-state index is 13.1. The van der Waals surface area contributed by atoms with Gasteiger partial charge in [-0.25, -0.2) is 4.39 Å². The Bertz CT molecular complexity index is 657. The normalized spacial score (nSPS) is 22.1. The zero-order chi connectivity index (χ0) is 17.1. The molecule has 0 radical (unpaired) electrons. The highest BCUT2D eigenvalue weighted by Crippen LogP contribution is 2.33. The van der Waals surface area contributed by atoms with Gasteiger partial charge in [0.15, 0.2) is 0 Å². The summed E-state index contributed by atoms with van der Waals surface area (Å²) in [4.78, 5) is 14.2. The zero-order valence-electron chi connectivity index (χ0n) is 14.2. The number of allylic oxidation sites excluding steroid dienone is 3. The van der Waals surface area contributed by atoms with Gasteiger partial charge >= 0.3 is 0 Å². The van der Waals surface area contributed by atoms with E-state index >= 15 is 0 Å². The number of halogens is 1. The third kappa shape index (κ3) is 3.75. The largest absolute Gasteiger partial charge is 0.341 e. The highest BCUT2D eigenvalue weighted by Gasteiger charge is 2.25. The Kier molecular flexibility index (Phi) is 5.14. The van der Waals surface area contributed by atoms with Gasteiger partial charge < -0.3 is 10.6 Å². The summed E-state index contributed by atoms with van der Waals surface area (Å²) in [6, 6.07) is 6.18. The number of hydrogen-bond donors (Lipinski definition) is 1. The molecule has 1 aliphatic heterocycles. The number of nitrogens with zero attached hydrogens (tertiary/aromatic N) is 1. The smallest absolute Gasteiger partial charge is 0.239 e. The third-order valence-corrected chi connectivity index (χ3v) is 4.99. The van der Waals surface area contributed by atoms with Crippen molar-refractivity contribution in [2.75, 3.05) is 13.1 Å². The summed E-state index contributed by atoms with van der Waals surface area (Å²) < 4.78 is 13.1. The lowest BCUT2D eigenvalue weighted by atomic mass is 9.83. The van der Waals surface area contributed by atoms with Gasteiger partial charge in [0.25, 0.3) is 0 Å². The zero-order valence-corrected chi connectivity index (χ0v) is 14.2. The van der Waals surface area contributed by atoms with Gasteiger partial charge in [0.05, 0.1) is 6.04 Å². The van der Waals surface area contributed by atoms with Crippen LogP contribution in [0.25, 0.3) is 5.57 Å². The summed E-state index contributed by atoms with van der Waals surface area (Å²) >= 11 is 0. The Labute approximate surface area is 143 Å². The standard InChI is InChI=1S/C20H25FN2O/c1-14-12-15(13-19(22)20(24)23-10-2-3-11-23)4-9-18(14)16-5-7-17(21)8-6-16/h4-9,14,19H,2-3,10-13,22H2,1H3/t14?,19-/m0/s1. The molecule has 0 aromatic heterocycles. The Morgan fingerprint density at radius 3 is 2.54 bits per heavy atom. The minimum Gasteiger partial charge on any atom is -0.341 e. The first kappa shape index (κ1) is 16.9. The predicted octanol–water partition coefficient (Wildman–Crippen LogP) is 3.52. The van der Waals surface area contributed by atoms with Gasteiger partial charge in [0.2, 0.25) is 5.91 Å². The van der Waals surface area contributed by atoms with Crippen molar-refractivity contribution in [1.82, 2.24) is 4.90 Å². The highest BCUT2D eigenvalue weighted by atomic mass is 19.1. The van der Waals surface area contributed by atoms with Crippen LogP contribution in [0.1, 0.15) is 38.2 Å². The molecule has 2 N–H and O–H groups in total. The van der Waals surface area contributed by atoms with Crippen molar-refractivity contribution in [2.45, 2.75) is 38.6 Å².